The largest absolute Gasteiger partial charge is 0.490 e. The number of hydrogen-bond donors (Lipinski definition) is 1. The number of rotatable bonds is 6. The number of alkyl halides is 3. The maximum atomic E-state index is 13.2. The summed E-state index contributed by atoms with van der Waals surface area (Å²) in [6, 6.07) is 10.4. The molecule has 0 heterocycles. The molecule has 0 unspecified atom stereocenters. The van der Waals surface area contributed by atoms with Gasteiger partial charge in [0.2, 0.25) is 0 Å². The lowest BCUT2D eigenvalue weighted by atomic mass is 10.1. The Morgan fingerprint density at radius 1 is 1.00 bits per heavy atom. The van der Waals surface area contributed by atoms with Crippen LogP contribution in [0.4, 0.5) is 28.9 Å². The molecule has 11 heteroatoms. The molecule has 0 spiro atoms. The minimum absolute atomic E-state index is 0.0917. The average molecular weight is 450 g/mol. The van der Waals surface area contributed by atoms with Gasteiger partial charge in [0.1, 0.15) is 11.6 Å². The number of methoxy groups -OCH3 is 1. The molecular formula is C21H14F4N2O5. The van der Waals surface area contributed by atoms with E-state index in [0.717, 1.165) is 30.3 Å². The number of anilines is 1. The van der Waals surface area contributed by atoms with Crippen LogP contribution in [0, 0.1) is 15.9 Å². The predicted octanol–water partition coefficient (Wildman–Crippen LogP) is 5.81. The van der Waals surface area contributed by atoms with Crippen LogP contribution in [0.15, 0.2) is 60.7 Å². The third kappa shape index (κ3) is 5.12. The third-order valence-electron chi connectivity index (χ3n) is 4.23. The topological polar surface area (TPSA) is 90.7 Å². The highest BCUT2D eigenvalue weighted by atomic mass is 19.4. The number of carbonyl (C=O) groups is 1. The fourth-order valence-corrected chi connectivity index (χ4v) is 2.69. The molecule has 3 aromatic rings. The maximum Gasteiger partial charge on any atom is 0.416 e. The number of nitrogens with one attached hydrogen (secondary N) is 1. The molecule has 0 aromatic heterocycles. The Bertz CT molecular complexity index is 1160. The Balaban J connectivity index is 1.97. The molecule has 1 N–H and O–H groups in total. The first kappa shape index (κ1) is 22.5. The number of nitro benzene ring substituents is 1. The van der Waals surface area contributed by atoms with Crippen LogP contribution >= 0.6 is 0 Å². The van der Waals surface area contributed by atoms with Crippen LogP contribution in [-0.4, -0.2) is 17.9 Å². The van der Waals surface area contributed by atoms with Crippen molar-refractivity contribution < 1.29 is 36.8 Å². The van der Waals surface area contributed by atoms with Crippen LogP contribution < -0.4 is 14.8 Å². The molecule has 0 bridgehead atoms. The third-order valence-corrected chi connectivity index (χ3v) is 4.23. The summed E-state index contributed by atoms with van der Waals surface area (Å²) in [4.78, 5) is 23.0. The molecule has 0 radical (unpaired) electrons. The first-order valence-electron chi connectivity index (χ1n) is 8.87. The van der Waals surface area contributed by atoms with Gasteiger partial charge in [-0.1, -0.05) is 0 Å². The van der Waals surface area contributed by atoms with Crippen molar-refractivity contribution in [2.45, 2.75) is 6.18 Å². The zero-order valence-corrected chi connectivity index (χ0v) is 16.3. The van der Waals surface area contributed by atoms with Crippen LogP contribution in [0.1, 0.15) is 15.9 Å². The number of hydrogen-bond acceptors (Lipinski definition) is 5. The summed E-state index contributed by atoms with van der Waals surface area (Å²) in [6.07, 6.45) is -4.70. The minimum atomic E-state index is -4.70. The van der Waals surface area contributed by atoms with Gasteiger partial charge in [0, 0.05) is 11.6 Å². The molecule has 1 amide bonds. The van der Waals surface area contributed by atoms with E-state index in [1.807, 2.05) is 0 Å². The van der Waals surface area contributed by atoms with E-state index in [1.165, 1.54) is 31.4 Å². The van der Waals surface area contributed by atoms with E-state index in [9.17, 15) is 32.5 Å². The SMILES string of the molecule is COc1ccc(C(=O)Nc2cc(C(F)(F)F)ccc2Oc2ccc(F)cc2)cc1[N+](=O)[O-]. The van der Waals surface area contributed by atoms with Crippen molar-refractivity contribution in [2.24, 2.45) is 0 Å². The lowest BCUT2D eigenvalue weighted by Gasteiger charge is -2.15. The summed E-state index contributed by atoms with van der Waals surface area (Å²) in [7, 11) is 1.21. The van der Waals surface area contributed by atoms with Gasteiger partial charge < -0.3 is 14.8 Å². The first-order valence-corrected chi connectivity index (χ1v) is 8.87. The molecule has 0 atom stereocenters. The molecular weight excluding hydrogens is 436 g/mol. The van der Waals surface area contributed by atoms with Crippen LogP contribution in [0.5, 0.6) is 17.2 Å². The molecule has 3 aromatic carbocycles. The monoisotopic (exact) mass is 450 g/mol. The van der Waals surface area contributed by atoms with Gasteiger partial charge in [0.25, 0.3) is 5.91 Å². The van der Waals surface area contributed by atoms with Crippen LogP contribution in [0.25, 0.3) is 0 Å². The Labute approximate surface area is 178 Å². The van der Waals surface area contributed by atoms with Gasteiger partial charge >= 0.3 is 11.9 Å². The fourth-order valence-electron chi connectivity index (χ4n) is 2.69. The lowest BCUT2D eigenvalue weighted by Crippen LogP contribution is -2.14. The summed E-state index contributed by atoms with van der Waals surface area (Å²) >= 11 is 0. The fraction of sp³-hybridized carbons (Fsp3) is 0.0952. The van der Waals surface area contributed by atoms with Gasteiger partial charge in [0.05, 0.1) is 23.3 Å². The minimum Gasteiger partial charge on any atom is -0.490 e. The molecule has 3 rings (SSSR count). The number of ether oxygens (including phenoxy) is 2. The smallest absolute Gasteiger partial charge is 0.416 e. The zero-order valence-electron chi connectivity index (χ0n) is 16.3. The van der Waals surface area contributed by atoms with Gasteiger partial charge in [-0.15, -0.1) is 0 Å². The molecule has 32 heavy (non-hydrogen) atoms. The summed E-state index contributed by atoms with van der Waals surface area (Å²) < 4.78 is 63.0. The van der Waals surface area contributed by atoms with Crippen molar-refractivity contribution in [2.75, 3.05) is 12.4 Å². The second-order valence-corrected chi connectivity index (χ2v) is 6.36. The van der Waals surface area contributed by atoms with Crippen LogP contribution in [0.2, 0.25) is 0 Å². The second kappa shape index (κ2) is 8.92. The Morgan fingerprint density at radius 3 is 2.25 bits per heavy atom. The highest BCUT2D eigenvalue weighted by molar-refractivity contribution is 6.05. The van der Waals surface area contributed by atoms with Crippen LogP contribution in [-0.2, 0) is 6.18 Å². The van der Waals surface area contributed by atoms with E-state index in [0.29, 0.717) is 6.07 Å². The number of nitrogens with zero attached hydrogens (tertiary/aromatic N) is 1. The molecule has 0 aliphatic rings. The highest BCUT2D eigenvalue weighted by Crippen LogP contribution is 2.37. The Hall–Kier alpha value is -4.15. The van der Waals surface area contributed by atoms with Gasteiger partial charge in [-0.2, -0.15) is 13.2 Å². The summed E-state index contributed by atoms with van der Waals surface area (Å²) in [5.74, 6) is -1.59. The van der Waals surface area contributed by atoms with E-state index < -0.39 is 34.1 Å². The predicted molar refractivity (Wildman–Crippen MR) is 106 cm³/mol. The number of amides is 1. The van der Waals surface area contributed by atoms with E-state index >= 15 is 0 Å². The van der Waals surface area contributed by atoms with Gasteiger partial charge in [-0.05, 0) is 54.6 Å². The van der Waals surface area contributed by atoms with Crippen LogP contribution in [0.3, 0.4) is 0 Å². The second-order valence-electron chi connectivity index (χ2n) is 6.36. The molecule has 166 valence electrons. The van der Waals surface area contributed by atoms with Crippen molar-refractivity contribution in [3.8, 4) is 17.2 Å². The average Bonchev–Trinajstić information content (AvgIpc) is 2.75. The van der Waals surface area contributed by atoms with Crippen molar-refractivity contribution in [3.63, 3.8) is 0 Å². The van der Waals surface area contributed by atoms with Crippen molar-refractivity contribution >= 4 is 17.3 Å². The molecule has 7 nitrogen and oxygen atoms in total. The summed E-state index contributed by atoms with van der Waals surface area (Å²) in [5.41, 5.74) is -2.08. The zero-order chi connectivity index (χ0) is 23.5. The van der Waals surface area contributed by atoms with Crippen molar-refractivity contribution in [3.05, 3.63) is 87.7 Å². The molecule has 0 aliphatic heterocycles. The summed E-state index contributed by atoms with van der Waals surface area (Å²) in [6.45, 7) is 0. The first-order chi connectivity index (χ1) is 15.1. The summed E-state index contributed by atoms with van der Waals surface area (Å²) in [5, 5.41) is 13.4. The van der Waals surface area contributed by atoms with Gasteiger partial charge in [-0.25, -0.2) is 4.39 Å². The van der Waals surface area contributed by atoms with Gasteiger partial charge in [0.15, 0.2) is 11.5 Å². The quantitative estimate of drug-likeness (QED) is 0.291. The van der Waals surface area contributed by atoms with Crippen molar-refractivity contribution in [1.29, 1.82) is 0 Å². The van der Waals surface area contributed by atoms with Gasteiger partial charge in [-0.3, -0.25) is 14.9 Å². The Kier molecular flexibility index (Phi) is 6.28. The van der Waals surface area contributed by atoms with E-state index in [2.05, 4.69) is 5.32 Å². The molecule has 0 fully saturated rings. The standard InChI is InChI=1S/C21H14F4N2O5/c1-31-19-8-2-12(10-17(19)27(29)30)20(28)26-16-11-13(21(23,24)25)3-9-18(16)32-15-6-4-14(22)5-7-15/h2-11H,1H3,(H,26,28). The molecule has 0 saturated carbocycles. The number of benzene rings is 3. The molecule has 0 aliphatic carbocycles. The van der Waals surface area contributed by atoms with E-state index in [-0.39, 0.29) is 28.5 Å². The van der Waals surface area contributed by atoms with E-state index in [4.69, 9.17) is 9.47 Å². The van der Waals surface area contributed by atoms with Crippen molar-refractivity contribution in [1.82, 2.24) is 0 Å². The normalized spacial score (nSPS) is 11.0. The number of halogens is 4. The molecule has 0 saturated heterocycles. The Morgan fingerprint density at radius 2 is 1.66 bits per heavy atom. The maximum absolute atomic E-state index is 13.2. The lowest BCUT2D eigenvalue weighted by molar-refractivity contribution is -0.385. The highest BCUT2D eigenvalue weighted by Gasteiger charge is 2.31. The van der Waals surface area contributed by atoms with E-state index in [1.54, 1.807) is 0 Å². The number of carbonyl (C=O) groups excluding carboxylic acids is 1. The number of nitro groups is 1.